The lowest BCUT2D eigenvalue weighted by molar-refractivity contribution is -0.384. The third-order valence-electron chi connectivity index (χ3n) is 3.28. The molecule has 1 unspecified atom stereocenters. The van der Waals surface area contributed by atoms with Gasteiger partial charge in [-0.3, -0.25) is 10.1 Å². The first-order valence-corrected chi connectivity index (χ1v) is 8.59. The van der Waals surface area contributed by atoms with Gasteiger partial charge in [0.1, 0.15) is 5.69 Å². The summed E-state index contributed by atoms with van der Waals surface area (Å²) < 4.78 is 22.7. The summed E-state index contributed by atoms with van der Waals surface area (Å²) in [7, 11) is -4.06. The van der Waals surface area contributed by atoms with Crippen molar-refractivity contribution in [3.05, 3.63) is 63.2 Å². The summed E-state index contributed by atoms with van der Waals surface area (Å²) in [6.45, 7) is -0.338. The van der Waals surface area contributed by atoms with Gasteiger partial charge in [0.2, 0.25) is 10.0 Å². The van der Waals surface area contributed by atoms with Crippen LogP contribution in [-0.2, 0) is 10.0 Å². The number of hydrogen-bond donors (Lipinski definition) is 3. The van der Waals surface area contributed by atoms with E-state index in [2.05, 4.69) is 5.32 Å². The van der Waals surface area contributed by atoms with E-state index in [9.17, 15) is 23.6 Å². The molecule has 0 fully saturated rings. The third-order valence-corrected chi connectivity index (χ3v) is 4.44. The number of hydrogen-bond acceptors (Lipinski definition) is 6. The molecule has 2 aromatic rings. The third kappa shape index (κ3) is 4.20. The highest BCUT2D eigenvalue weighted by atomic mass is 35.5. The molecule has 8 nitrogen and oxygen atoms in total. The monoisotopic (exact) mass is 371 g/mol. The fraction of sp³-hybridized carbons (Fsp3) is 0.143. The molecule has 0 saturated carbocycles. The highest BCUT2D eigenvalue weighted by Gasteiger charge is 2.21. The molecule has 4 N–H and O–H groups in total. The van der Waals surface area contributed by atoms with Crippen LogP contribution in [0, 0.1) is 10.1 Å². The maximum absolute atomic E-state index is 11.3. The molecule has 1 atom stereocenters. The number of halogens is 1. The Hall–Kier alpha value is -2.20. The first-order valence-electron chi connectivity index (χ1n) is 6.66. The summed E-state index contributed by atoms with van der Waals surface area (Å²) in [6.07, 6.45) is 0. The molecule has 0 aromatic heterocycles. The molecular weight excluding hydrogens is 358 g/mol. The topological polar surface area (TPSA) is 136 Å². The fourth-order valence-corrected chi connectivity index (χ4v) is 2.74. The standard InChI is InChI=1S/C14H14ClN3O5S/c15-10-3-1-9(2-4-10)13(8-19)17-12-6-5-11(24(16,22)23)7-14(12)18(20)21/h1-7,13,17,19H,8H2,(H2,16,22,23). The number of benzene rings is 2. The Bertz CT molecular complexity index is 855. The van der Waals surface area contributed by atoms with E-state index in [4.69, 9.17) is 16.7 Å². The minimum Gasteiger partial charge on any atom is -0.394 e. The lowest BCUT2D eigenvalue weighted by atomic mass is 10.1. The van der Waals surface area contributed by atoms with Crippen LogP contribution in [0.25, 0.3) is 0 Å². The van der Waals surface area contributed by atoms with Crippen molar-refractivity contribution in [1.29, 1.82) is 0 Å². The number of sulfonamides is 1. The van der Waals surface area contributed by atoms with Crippen LogP contribution in [0.4, 0.5) is 11.4 Å². The average Bonchev–Trinajstić information content (AvgIpc) is 2.52. The Labute approximate surface area is 143 Å². The van der Waals surface area contributed by atoms with Crippen LogP contribution in [0.15, 0.2) is 47.4 Å². The van der Waals surface area contributed by atoms with Crippen molar-refractivity contribution in [3.63, 3.8) is 0 Å². The fourth-order valence-electron chi connectivity index (χ4n) is 2.08. The molecule has 0 amide bonds. The summed E-state index contributed by atoms with van der Waals surface area (Å²) in [5, 5.41) is 29.1. The zero-order valence-corrected chi connectivity index (χ0v) is 13.8. The number of aliphatic hydroxyl groups is 1. The van der Waals surface area contributed by atoms with E-state index in [-0.39, 0.29) is 17.2 Å². The van der Waals surface area contributed by atoms with E-state index in [0.29, 0.717) is 10.6 Å². The van der Waals surface area contributed by atoms with Gasteiger partial charge in [0.15, 0.2) is 0 Å². The molecule has 0 aliphatic carbocycles. The van der Waals surface area contributed by atoms with E-state index >= 15 is 0 Å². The number of rotatable bonds is 6. The second-order valence-corrected chi connectivity index (χ2v) is 6.91. The summed E-state index contributed by atoms with van der Waals surface area (Å²) in [6, 6.07) is 9.20. The zero-order chi connectivity index (χ0) is 17.9. The SMILES string of the molecule is NS(=O)(=O)c1ccc(NC(CO)c2ccc(Cl)cc2)c([N+](=O)[O-])c1. The smallest absolute Gasteiger partial charge is 0.293 e. The summed E-state index contributed by atoms with van der Waals surface area (Å²) in [5.41, 5.74) is 0.252. The van der Waals surface area contributed by atoms with Crippen molar-refractivity contribution >= 4 is 33.0 Å². The molecular formula is C14H14ClN3O5S. The van der Waals surface area contributed by atoms with Gasteiger partial charge in [0.05, 0.1) is 22.5 Å². The lowest BCUT2D eigenvalue weighted by Gasteiger charge is -2.18. The number of aliphatic hydroxyl groups excluding tert-OH is 1. The molecule has 0 spiro atoms. The second-order valence-electron chi connectivity index (χ2n) is 4.91. The summed E-state index contributed by atoms with van der Waals surface area (Å²) >= 11 is 5.81. The molecule has 2 aromatic carbocycles. The number of nitrogens with two attached hydrogens (primary N) is 1. The van der Waals surface area contributed by atoms with Gasteiger partial charge in [-0.1, -0.05) is 23.7 Å². The predicted octanol–water partition coefficient (Wildman–Crippen LogP) is 2.04. The molecule has 24 heavy (non-hydrogen) atoms. The van der Waals surface area contributed by atoms with Crippen LogP contribution in [-0.4, -0.2) is 25.1 Å². The van der Waals surface area contributed by atoms with Gasteiger partial charge in [-0.05, 0) is 29.8 Å². The van der Waals surface area contributed by atoms with Crippen LogP contribution in [0.2, 0.25) is 5.02 Å². The maximum Gasteiger partial charge on any atom is 0.293 e. The van der Waals surface area contributed by atoms with Crippen LogP contribution >= 0.6 is 11.6 Å². The molecule has 128 valence electrons. The van der Waals surface area contributed by atoms with Gasteiger partial charge in [0, 0.05) is 11.1 Å². The minimum absolute atomic E-state index is 0.0569. The van der Waals surface area contributed by atoms with E-state index in [1.807, 2.05) is 0 Å². The quantitative estimate of drug-likeness (QED) is 0.525. The van der Waals surface area contributed by atoms with Crippen molar-refractivity contribution in [2.45, 2.75) is 10.9 Å². The van der Waals surface area contributed by atoms with Crippen LogP contribution in [0.3, 0.4) is 0 Å². The molecule has 0 saturated heterocycles. The number of nitro benzene ring substituents is 1. The Morgan fingerprint density at radius 2 is 1.88 bits per heavy atom. The van der Waals surface area contributed by atoms with Crippen molar-refractivity contribution in [2.75, 3.05) is 11.9 Å². The van der Waals surface area contributed by atoms with Gasteiger partial charge in [0.25, 0.3) is 5.69 Å². The van der Waals surface area contributed by atoms with E-state index < -0.39 is 26.7 Å². The highest BCUT2D eigenvalue weighted by Crippen LogP contribution is 2.30. The minimum atomic E-state index is -4.06. The Kier molecular flexibility index (Phi) is 5.40. The summed E-state index contributed by atoms with van der Waals surface area (Å²) in [4.78, 5) is 10.1. The molecule has 0 aliphatic rings. The zero-order valence-electron chi connectivity index (χ0n) is 12.2. The Morgan fingerprint density at radius 1 is 1.25 bits per heavy atom. The van der Waals surface area contributed by atoms with Crippen molar-refractivity contribution in [3.8, 4) is 0 Å². The molecule has 0 heterocycles. The maximum atomic E-state index is 11.3. The Morgan fingerprint density at radius 3 is 2.38 bits per heavy atom. The van der Waals surface area contributed by atoms with E-state index in [1.54, 1.807) is 24.3 Å². The molecule has 0 radical (unpaired) electrons. The largest absolute Gasteiger partial charge is 0.394 e. The normalized spacial score (nSPS) is 12.6. The van der Waals surface area contributed by atoms with Crippen LogP contribution < -0.4 is 10.5 Å². The highest BCUT2D eigenvalue weighted by molar-refractivity contribution is 7.89. The van der Waals surface area contributed by atoms with Crippen molar-refractivity contribution in [2.24, 2.45) is 5.14 Å². The second kappa shape index (κ2) is 7.14. The van der Waals surface area contributed by atoms with Crippen LogP contribution in [0.1, 0.15) is 11.6 Å². The summed E-state index contributed by atoms with van der Waals surface area (Å²) in [5.74, 6) is 0. The Balaban J connectivity index is 2.40. The first kappa shape index (κ1) is 18.1. The number of nitrogens with zero attached hydrogens (tertiary/aromatic N) is 1. The number of nitro groups is 1. The van der Waals surface area contributed by atoms with Gasteiger partial charge in [-0.25, -0.2) is 13.6 Å². The first-order chi connectivity index (χ1) is 11.2. The molecule has 2 rings (SSSR count). The van der Waals surface area contributed by atoms with E-state index in [0.717, 1.165) is 12.1 Å². The van der Waals surface area contributed by atoms with Gasteiger partial charge < -0.3 is 10.4 Å². The van der Waals surface area contributed by atoms with Crippen molar-refractivity contribution < 1.29 is 18.4 Å². The number of primary sulfonamides is 1. The lowest BCUT2D eigenvalue weighted by Crippen LogP contribution is -2.17. The van der Waals surface area contributed by atoms with Gasteiger partial charge in [-0.2, -0.15) is 0 Å². The van der Waals surface area contributed by atoms with Gasteiger partial charge >= 0.3 is 0 Å². The van der Waals surface area contributed by atoms with E-state index in [1.165, 1.54) is 6.07 Å². The van der Waals surface area contributed by atoms with Crippen molar-refractivity contribution in [1.82, 2.24) is 0 Å². The number of nitrogens with one attached hydrogen (secondary N) is 1. The molecule has 0 aliphatic heterocycles. The molecule has 10 heteroatoms. The number of anilines is 1. The van der Waals surface area contributed by atoms with Gasteiger partial charge in [-0.15, -0.1) is 0 Å². The molecule has 0 bridgehead atoms. The van der Waals surface area contributed by atoms with Crippen LogP contribution in [0.5, 0.6) is 0 Å². The average molecular weight is 372 g/mol. The predicted molar refractivity (Wildman–Crippen MR) is 89.4 cm³/mol.